The Morgan fingerprint density at radius 1 is 1.33 bits per heavy atom. The van der Waals surface area contributed by atoms with Crippen LogP contribution in [0, 0.1) is 5.41 Å². The average molecular weight is 265 g/mol. The van der Waals surface area contributed by atoms with E-state index >= 15 is 0 Å². The molecule has 1 fully saturated rings. The molecule has 100 valence electrons. The van der Waals surface area contributed by atoms with Gasteiger partial charge in [-0.2, -0.15) is 0 Å². The Labute approximate surface area is 114 Å². The molecule has 0 aliphatic heterocycles. The summed E-state index contributed by atoms with van der Waals surface area (Å²) in [4.78, 5) is 1.21. The maximum absolute atomic E-state index is 6.43. The van der Waals surface area contributed by atoms with Gasteiger partial charge in [0.25, 0.3) is 0 Å². The number of hydrogen-bond donors (Lipinski definition) is 1. The molecule has 1 aromatic carbocycles. The fourth-order valence-corrected chi connectivity index (χ4v) is 4.17. The van der Waals surface area contributed by atoms with Crippen LogP contribution in [-0.4, -0.2) is 18.4 Å². The first-order valence-corrected chi connectivity index (χ1v) is 7.48. The van der Waals surface area contributed by atoms with Gasteiger partial charge in [0.15, 0.2) is 0 Å². The summed E-state index contributed by atoms with van der Waals surface area (Å²) in [6, 6.07) is 8.46. The van der Waals surface area contributed by atoms with Gasteiger partial charge in [-0.3, -0.25) is 0 Å². The second-order valence-electron chi connectivity index (χ2n) is 5.71. The Bertz CT molecular complexity index is 405. The molecule has 0 radical (unpaired) electrons. The van der Waals surface area contributed by atoms with Crippen molar-refractivity contribution in [1.82, 2.24) is 0 Å². The number of thioether (sulfide) groups is 1. The zero-order chi connectivity index (χ0) is 13.2. The van der Waals surface area contributed by atoms with Crippen LogP contribution < -0.4 is 10.5 Å². The van der Waals surface area contributed by atoms with Crippen molar-refractivity contribution in [3.05, 3.63) is 24.3 Å². The van der Waals surface area contributed by atoms with Crippen LogP contribution in [0.4, 0.5) is 0 Å². The zero-order valence-electron chi connectivity index (χ0n) is 11.5. The van der Waals surface area contributed by atoms with Gasteiger partial charge in [0.05, 0.1) is 7.11 Å². The molecule has 2 unspecified atom stereocenters. The summed E-state index contributed by atoms with van der Waals surface area (Å²) in [6.45, 7) is 4.57. The van der Waals surface area contributed by atoms with E-state index in [-0.39, 0.29) is 11.5 Å². The molecule has 1 saturated carbocycles. The molecule has 0 aromatic heterocycles. The Morgan fingerprint density at radius 3 is 2.78 bits per heavy atom. The second-order valence-corrected chi connectivity index (χ2v) is 6.99. The zero-order valence-corrected chi connectivity index (χ0v) is 12.3. The number of hydrogen-bond acceptors (Lipinski definition) is 3. The summed E-state index contributed by atoms with van der Waals surface area (Å²) < 4.78 is 5.41. The maximum Gasteiger partial charge on any atom is 0.132 e. The van der Waals surface area contributed by atoms with E-state index in [0.29, 0.717) is 5.25 Å². The van der Waals surface area contributed by atoms with Gasteiger partial charge in [-0.25, -0.2) is 0 Å². The highest BCUT2D eigenvalue weighted by Crippen LogP contribution is 2.43. The number of nitrogens with two attached hydrogens (primary N) is 1. The summed E-state index contributed by atoms with van der Waals surface area (Å²) in [7, 11) is 1.73. The van der Waals surface area contributed by atoms with Gasteiger partial charge in [-0.15, -0.1) is 11.8 Å². The number of benzene rings is 1. The lowest BCUT2D eigenvalue weighted by Gasteiger charge is -2.41. The van der Waals surface area contributed by atoms with E-state index in [1.54, 1.807) is 7.11 Å². The van der Waals surface area contributed by atoms with E-state index in [9.17, 15) is 0 Å². The first-order chi connectivity index (χ1) is 8.54. The van der Waals surface area contributed by atoms with Gasteiger partial charge in [0, 0.05) is 16.2 Å². The van der Waals surface area contributed by atoms with Crippen molar-refractivity contribution in [1.29, 1.82) is 0 Å². The van der Waals surface area contributed by atoms with E-state index in [2.05, 4.69) is 26.0 Å². The van der Waals surface area contributed by atoms with E-state index in [0.717, 1.165) is 5.75 Å². The van der Waals surface area contributed by atoms with Crippen LogP contribution in [-0.2, 0) is 0 Å². The standard InChI is InChI=1S/C15H23NOS/c1-15(2)10-6-9-13(14(15)16)18-12-8-5-4-7-11(12)17-3/h4-5,7-8,13-14H,6,9-10,16H2,1-3H3. The van der Waals surface area contributed by atoms with Crippen LogP contribution in [0.3, 0.4) is 0 Å². The van der Waals surface area contributed by atoms with Crippen molar-refractivity contribution in [3.8, 4) is 5.75 Å². The molecule has 18 heavy (non-hydrogen) atoms. The van der Waals surface area contributed by atoms with E-state index < -0.39 is 0 Å². The van der Waals surface area contributed by atoms with Gasteiger partial charge in [0.1, 0.15) is 5.75 Å². The topological polar surface area (TPSA) is 35.2 Å². The van der Waals surface area contributed by atoms with Gasteiger partial charge in [-0.1, -0.05) is 32.4 Å². The predicted octanol–water partition coefficient (Wildman–Crippen LogP) is 3.69. The molecule has 0 bridgehead atoms. The summed E-state index contributed by atoms with van der Waals surface area (Å²) in [6.07, 6.45) is 3.71. The summed E-state index contributed by atoms with van der Waals surface area (Å²) in [5, 5.41) is 0.491. The molecule has 2 atom stereocenters. The van der Waals surface area contributed by atoms with E-state index in [1.807, 2.05) is 23.9 Å². The fraction of sp³-hybridized carbons (Fsp3) is 0.600. The average Bonchev–Trinajstić information content (AvgIpc) is 2.35. The van der Waals surface area contributed by atoms with Crippen molar-refractivity contribution in [2.75, 3.05) is 7.11 Å². The summed E-state index contributed by atoms with van der Waals surface area (Å²) >= 11 is 1.88. The molecule has 0 saturated heterocycles. The number of rotatable bonds is 3. The third-order valence-electron chi connectivity index (χ3n) is 3.96. The minimum Gasteiger partial charge on any atom is -0.496 e. The molecule has 0 heterocycles. The molecule has 2 rings (SSSR count). The molecular formula is C15H23NOS. The van der Waals surface area contributed by atoms with Crippen molar-refractivity contribution >= 4 is 11.8 Å². The van der Waals surface area contributed by atoms with Crippen LogP contribution >= 0.6 is 11.8 Å². The molecular weight excluding hydrogens is 242 g/mol. The van der Waals surface area contributed by atoms with Crippen LogP contribution in [0.2, 0.25) is 0 Å². The quantitative estimate of drug-likeness (QED) is 0.905. The maximum atomic E-state index is 6.43. The first kappa shape index (κ1) is 13.8. The minimum atomic E-state index is 0.248. The van der Waals surface area contributed by atoms with Gasteiger partial charge in [-0.05, 0) is 30.4 Å². The van der Waals surface area contributed by atoms with E-state index in [1.165, 1.54) is 24.2 Å². The van der Waals surface area contributed by atoms with Crippen molar-refractivity contribution < 1.29 is 4.74 Å². The monoisotopic (exact) mass is 265 g/mol. The third kappa shape index (κ3) is 2.83. The summed E-state index contributed by atoms with van der Waals surface area (Å²) in [5.74, 6) is 0.957. The van der Waals surface area contributed by atoms with Crippen molar-refractivity contribution in [3.63, 3.8) is 0 Å². The van der Waals surface area contributed by atoms with Crippen molar-refractivity contribution in [2.24, 2.45) is 11.1 Å². The molecule has 3 heteroatoms. The van der Waals surface area contributed by atoms with Crippen LogP contribution in [0.15, 0.2) is 29.2 Å². The highest BCUT2D eigenvalue weighted by Gasteiger charge is 2.37. The lowest BCUT2D eigenvalue weighted by Crippen LogP contribution is -2.48. The van der Waals surface area contributed by atoms with Crippen LogP contribution in [0.5, 0.6) is 5.75 Å². The molecule has 0 amide bonds. The van der Waals surface area contributed by atoms with Crippen LogP contribution in [0.25, 0.3) is 0 Å². The normalized spacial score (nSPS) is 26.9. The Balaban J connectivity index is 2.13. The van der Waals surface area contributed by atoms with E-state index in [4.69, 9.17) is 10.5 Å². The number of para-hydroxylation sites is 1. The first-order valence-electron chi connectivity index (χ1n) is 6.60. The highest BCUT2D eigenvalue weighted by atomic mass is 32.2. The molecule has 2 nitrogen and oxygen atoms in total. The smallest absolute Gasteiger partial charge is 0.132 e. The summed E-state index contributed by atoms with van der Waals surface area (Å²) in [5.41, 5.74) is 6.68. The Hall–Kier alpha value is -0.670. The number of methoxy groups -OCH3 is 1. The minimum absolute atomic E-state index is 0.248. The predicted molar refractivity (Wildman–Crippen MR) is 78.2 cm³/mol. The lowest BCUT2D eigenvalue weighted by molar-refractivity contribution is 0.208. The second kappa shape index (κ2) is 5.54. The molecule has 1 aliphatic rings. The number of ether oxygens (including phenoxy) is 1. The van der Waals surface area contributed by atoms with Gasteiger partial charge < -0.3 is 10.5 Å². The third-order valence-corrected chi connectivity index (χ3v) is 5.38. The lowest BCUT2D eigenvalue weighted by atomic mass is 9.73. The molecule has 2 N–H and O–H groups in total. The highest BCUT2D eigenvalue weighted by molar-refractivity contribution is 8.00. The molecule has 1 aromatic rings. The SMILES string of the molecule is COc1ccccc1SC1CCCC(C)(C)C1N. The van der Waals surface area contributed by atoms with Gasteiger partial charge >= 0.3 is 0 Å². The Morgan fingerprint density at radius 2 is 2.06 bits per heavy atom. The van der Waals surface area contributed by atoms with Crippen molar-refractivity contribution in [2.45, 2.75) is 49.3 Å². The van der Waals surface area contributed by atoms with Crippen LogP contribution in [0.1, 0.15) is 33.1 Å². The largest absolute Gasteiger partial charge is 0.496 e. The fourth-order valence-electron chi connectivity index (χ4n) is 2.62. The molecule has 1 aliphatic carbocycles. The Kier molecular flexibility index (Phi) is 4.23. The molecule has 0 spiro atoms. The van der Waals surface area contributed by atoms with Gasteiger partial charge in [0.2, 0.25) is 0 Å².